The summed E-state index contributed by atoms with van der Waals surface area (Å²) in [7, 11) is 4.53. The highest BCUT2D eigenvalue weighted by Gasteiger charge is 2.04. The van der Waals surface area contributed by atoms with Gasteiger partial charge in [0.1, 0.15) is 0 Å². The maximum absolute atomic E-state index is 6.06. The third kappa shape index (κ3) is 21.2. The smallest absolute Gasteiger partial charge is 0.0717 e. The largest absolute Gasteiger partial charge is 0.377 e. The summed E-state index contributed by atoms with van der Waals surface area (Å²) < 4.78 is 12.1. The highest BCUT2D eigenvalue weighted by Crippen LogP contribution is 2.22. The van der Waals surface area contributed by atoms with Gasteiger partial charge in [-0.2, -0.15) is 0 Å². The van der Waals surface area contributed by atoms with Crippen LogP contribution >= 0.6 is 0 Å². The van der Waals surface area contributed by atoms with E-state index in [4.69, 9.17) is 9.47 Å². The Bertz CT molecular complexity index is 887. The molecule has 0 heterocycles. The molecule has 0 amide bonds. The number of unbranched alkanes of at least 4 members (excludes halogenated alkanes) is 14. The molecule has 0 unspecified atom stereocenters. The third-order valence-corrected chi connectivity index (χ3v) is 9.17. The van der Waals surface area contributed by atoms with Crippen molar-refractivity contribution in [2.75, 3.05) is 53.5 Å². The summed E-state index contributed by atoms with van der Waals surface area (Å²) in [6, 6.07) is 17.6. The molecule has 0 aliphatic carbocycles. The molecule has 2 aromatic rings. The van der Waals surface area contributed by atoms with Gasteiger partial charge in [0.2, 0.25) is 0 Å². The van der Waals surface area contributed by atoms with Crippen LogP contribution in [0.1, 0.15) is 141 Å². The van der Waals surface area contributed by atoms with E-state index in [1.54, 1.807) is 0 Å². The first-order chi connectivity index (χ1) is 22.6. The van der Waals surface area contributed by atoms with Crippen LogP contribution in [0.15, 0.2) is 48.5 Å². The van der Waals surface area contributed by atoms with Gasteiger partial charge in [-0.05, 0) is 113 Å². The number of hydrogen-bond donors (Lipinski definition) is 0. The third-order valence-electron chi connectivity index (χ3n) is 9.17. The summed E-state index contributed by atoms with van der Waals surface area (Å²) in [5, 5.41) is 0. The van der Waals surface area contributed by atoms with Crippen molar-refractivity contribution in [3.8, 4) is 11.1 Å². The van der Waals surface area contributed by atoms with Crippen molar-refractivity contribution in [1.29, 1.82) is 0 Å². The molecule has 0 aromatic heterocycles. The molecule has 0 spiro atoms. The number of hydrogen-bond acceptors (Lipinski definition) is 4. The molecule has 0 atom stereocenters. The fourth-order valence-electron chi connectivity index (χ4n) is 6.13. The summed E-state index contributed by atoms with van der Waals surface area (Å²) in [6.07, 6.45) is 24.0. The monoisotopic (exact) mass is 637 g/mol. The predicted molar refractivity (Wildman–Crippen MR) is 201 cm³/mol. The van der Waals surface area contributed by atoms with Gasteiger partial charge in [0, 0.05) is 13.2 Å². The lowest BCUT2D eigenvalue weighted by Crippen LogP contribution is -2.21. The molecule has 262 valence electrons. The number of rotatable bonds is 31. The van der Waals surface area contributed by atoms with E-state index < -0.39 is 0 Å². The summed E-state index contributed by atoms with van der Waals surface area (Å²) in [6.45, 7) is 12.4. The molecule has 46 heavy (non-hydrogen) atoms. The Morgan fingerprint density at radius 3 is 1.17 bits per heavy atom. The van der Waals surface area contributed by atoms with Crippen molar-refractivity contribution in [3.63, 3.8) is 0 Å². The second-order valence-electron chi connectivity index (χ2n) is 13.8. The van der Waals surface area contributed by atoms with Crippen molar-refractivity contribution in [1.82, 2.24) is 9.80 Å². The first kappa shape index (κ1) is 40.5. The molecule has 0 aliphatic rings. The minimum absolute atomic E-state index is 0.679. The highest BCUT2D eigenvalue weighted by molar-refractivity contribution is 5.64. The van der Waals surface area contributed by atoms with E-state index in [1.165, 1.54) is 151 Å². The lowest BCUT2D eigenvalue weighted by molar-refractivity contribution is 0.115. The van der Waals surface area contributed by atoms with Gasteiger partial charge in [0.05, 0.1) is 13.2 Å². The van der Waals surface area contributed by atoms with Crippen LogP contribution in [0.2, 0.25) is 0 Å². The Balaban J connectivity index is 1.54. The lowest BCUT2D eigenvalue weighted by Gasteiger charge is -2.16. The highest BCUT2D eigenvalue weighted by atomic mass is 16.5. The molecule has 4 nitrogen and oxygen atoms in total. The number of nitrogens with zero attached hydrogens (tertiary/aromatic N) is 2. The van der Waals surface area contributed by atoms with Gasteiger partial charge >= 0.3 is 0 Å². The molecule has 0 saturated heterocycles. The first-order valence-electron chi connectivity index (χ1n) is 19.3. The molecule has 0 radical (unpaired) electrons. The molecule has 2 rings (SSSR count). The summed E-state index contributed by atoms with van der Waals surface area (Å²) >= 11 is 0. The zero-order valence-electron chi connectivity index (χ0n) is 30.7. The van der Waals surface area contributed by atoms with Crippen LogP contribution in [0.3, 0.4) is 0 Å². The van der Waals surface area contributed by atoms with Gasteiger partial charge < -0.3 is 19.3 Å². The van der Waals surface area contributed by atoms with Gasteiger partial charge in [-0.25, -0.2) is 0 Å². The van der Waals surface area contributed by atoms with Crippen LogP contribution in [-0.4, -0.2) is 63.3 Å². The quantitative estimate of drug-likeness (QED) is 0.0769. The fourth-order valence-corrected chi connectivity index (χ4v) is 6.13. The van der Waals surface area contributed by atoms with E-state index >= 15 is 0 Å². The van der Waals surface area contributed by atoms with Gasteiger partial charge in [0.15, 0.2) is 0 Å². The normalized spacial score (nSPS) is 11.7. The van der Waals surface area contributed by atoms with Crippen molar-refractivity contribution in [3.05, 3.63) is 59.7 Å². The van der Waals surface area contributed by atoms with Crippen molar-refractivity contribution >= 4 is 0 Å². The van der Waals surface area contributed by atoms with E-state index in [9.17, 15) is 0 Å². The molecule has 0 aliphatic heterocycles. The van der Waals surface area contributed by atoms with Crippen LogP contribution in [0.25, 0.3) is 11.1 Å². The molecule has 0 N–H and O–H groups in total. The standard InChI is InChI=1S/C42H72N2O2/c1-5-7-9-11-13-15-17-29-43(3)31-19-21-33-45-37-39-25-23-27-41(35-39)42-28-24-26-40(36-42)38-46-34-22-20-32-44(4)30-18-16-14-12-10-8-6-2/h23-28,35-36H,5-22,29-34,37-38H2,1-4H3. The Hall–Kier alpha value is -1.72. The van der Waals surface area contributed by atoms with Gasteiger partial charge in [0.25, 0.3) is 0 Å². The van der Waals surface area contributed by atoms with Gasteiger partial charge in [-0.1, -0.05) is 127 Å². The van der Waals surface area contributed by atoms with Crippen LogP contribution in [0, 0.1) is 0 Å². The van der Waals surface area contributed by atoms with Crippen LogP contribution in [-0.2, 0) is 22.7 Å². The van der Waals surface area contributed by atoms with E-state index in [-0.39, 0.29) is 0 Å². The molecule has 0 bridgehead atoms. The summed E-state index contributed by atoms with van der Waals surface area (Å²) in [5.74, 6) is 0. The zero-order chi connectivity index (χ0) is 32.9. The lowest BCUT2D eigenvalue weighted by atomic mass is 10.0. The molecule has 4 heteroatoms. The van der Waals surface area contributed by atoms with Gasteiger partial charge in [-0.3, -0.25) is 0 Å². The molecule has 2 aromatic carbocycles. The Labute approximate surface area is 285 Å². The zero-order valence-corrected chi connectivity index (χ0v) is 30.7. The number of ether oxygens (including phenoxy) is 2. The maximum Gasteiger partial charge on any atom is 0.0717 e. The molecular formula is C42H72N2O2. The van der Waals surface area contributed by atoms with Crippen LogP contribution in [0.4, 0.5) is 0 Å². The van der Waals surface area contributed by atoms with Gasteiger partial charge in [-0.15, -0.1) is 0 Å². The fraction of sp³-hybridized carbons (Fsp3) is 0.714. The van der Waals surface area contributed by atoms with E-state index in [1.807, 2.05) is 0 Å². The predicted octanol–water partition coefficient (Wildman–Crippen LogP) is 11.3. The van der Waals surface area contributed by atoms with Crippen molar-refractivity contribution < 1.29 is 9.47 Å². The molecular weight excluding hydrogens is 564 g/mol. The van der Waals surface area contributed by atoms with Crippen LogP contribution < -0.4 is 0 Å². The van der Waals surface area contributed by atoms with E-state index in [0.717, 1.165) is 26.1 Å². The second kappa shape index (κ2) is 28.3. The maximum atomic E-state index is 6.06. The Kier molecular flexibility index (Phi) is 24.9. The minimum atomic E-state index is 0.679. The second-order valence-corrected chi connectivity index (χ2v) is 13.8. The Morgan fingerprint density at radius 1 is 0.435 bits per heavy atom. The first-order valence-corrected chi connectivity index (χ1v) is 19.3. The summed E-state index contributed by atoms with van der Waals surface area (Å²) in [5.41, 5.74) is 4.98. The molecule has 0 fully saturated rings. The average Bonchev–Trinajstić information content (AvgIpc) is 3.07. The van der Waals surface area contributed by atoms with E-state index in [0.29, 0.717) is 13.2 Å². The SMILES string of the molecule is CCCCCCCCCN(C)CCCCOCc1cccc(-c2cccc(COCCCCN(C)CCCCCCCCC)c2)c1. The molecule has 0 saturated carbocycles. The Morgan fingerprint density at radius 2 is 0.783 bits per heavy atom. The van der Waals surface area contributed by atoms with Crippen LogP contribution in [0.5, 0.6) is 0 Å². The van der Waals surface area contributed by atoms with E-state index in [2.05, 4.69) is 86.3 Å². The average molecular weight is 637 g/mol. The topological polar surface area (TPSA) is 24.9 Å². The number of benzene rings is 2. The van der Waals surface area contributed by atoms with Crippen molar-refractivity contribution in [2.45, 2.75) is 143 Å². The van der Waals surface area contributed by atoms with Crippen molar-refractivity contribution in [2.24, 2.45) is 0 Å². The minimum Gasteiger partial charge on any atom is -0.377 e. The summed E-state index contributed by atoms with van der Waals surface area (Å²) in [4.78, 5) is 4.99.